The van der Waals surface area contributed by atoms with Crippen LogP contribution in [0.3, 0.4) is 0 Å². The molecule has 0 radical (unpaired) electrons. The molecule has 21 heavy (non-hydrogen) atoms. The van der Waals surface area contributed by atoms with Crippen LogP contribution in [0.4, 0.5) is 0 Å². The average molecular weight is 275 g/mol. The molecule has 0 N–H and O–H groups in total. The first-order valence-corrected chi connectivity index (χ1v) is 7.74. The first-order chi connectivity index (χ1) is 10.3. The molecule has 6 rings (SSSR count). The Hall–Kier alpha value is -2.09. The normalized spacial score (nSPS) is 31.5. The monoisotopic (exact) mass is 275 g/mol. The molecule has 0 saturated carbocycles. The number of hydrogen-bond acceptors (Lipinski definition) is 1. The molecule has 0 aromatic heterocycles. The lowest BCUT2D eigenvalue weighted by Crippen LogP contribution is -2.52. The van der Waals surface area contributed by atoms with E-state index in [9.17, 15) is 0 Å². The van der Waals surface area contributed by atoms with Crippen molar-refractivity contribution in [3.63, 3.8) is 0 Å². The SMILES string of the molecule is CN1C=[N+](C)[C@@H]2C3c4ccccc4C(c4ccccc43)[C@@H]21. The maximum Gasteiger partial charge on any atom is 0.234 e. The van der Waals surface area contributed by atoms with E-state index in [4.69, 9.17) is 0 Å². The molecule has 2 aromatic carbocycles. The Balaban J connectivity index is 1.85. The van der Waals surface area contributed by atoms with E-state index in [2.05, 4.69) is 78.4 Å². The van der Waals surface area contributed by atoms with Gasteiger partial charge >= 0.3 is 0 Å². The lowest BCUT2D eigenvalue weighted by molar-refractivity contribution is -0.532. The Kier molecular flexibility index (Phi) is 2.07. The molecular formula is C19H19N2+. The van der Waals surface area contributed by atoms with Crippen LogP contribution in [0.2, 0.25) is 0 Å². The lowest BCUT2D eigenvalue weighted by Gasteiger charge is -2.46. The second kappa shape index (κ2) is 3.76. The van der Waals surface area contributed by atoms with Crippen LogP contribution >= 0.6 is 0 Å². The molecule has 0 saturated heterocycles. The first-order valence-electron chi connectivity index (χ1n) is 7.74. The van der Waals surface area contributed by atoms with Gasteiger partial charge in [-0.15, -0.1) is 0 Å². The van der Waals surface area contributed by atoms with Crippen molar-refractivity contribution in [3.8, 4) is 0 Å². The highest BCUT2D eigenvalue weighted by Crippen LogP contribution is 2.55. The van der Waals surface area contributed by atoms with Gasteiger partial charge in [-0.25, -0.2) is 0 Å². The molecule has 2 bridgehead atoms. The van der Waals surface area contributed by atoms with E-state index in [0.29, 0.717) is 23.9 Å². The fraction of sp³-hybridized carbons (Fsp3) is 0.316. The molecule has 2 heteroatoms. The molecule has 0 unspecified atom stereocenters. The number of nitrogens with zero attached hydrogens (tertiary/aromatic N) is 2. The van der Waals surface area contributed by atoms with Gasteiger partial charge in [-0.05, 0) is 22.3 Å². The molecule has 3 aliphatic carbocycles. The maximum atomic E-state index is 2.42. The summed E-state index contributed by atoms with van der Waals surface area (Å²) < 4.78 is 2.42. The molecule has 104 valence electrons. The summed E-state index contributed by atoms with van der Waals surface area (Å²) in [5.74, 6) is 0.997. The molecule has 0 amide bonds. The summed E-state index contributed by atoms with van der Waals surface area (Å²) in [5, 5.41) is 0. The predicted molar refractivity (Wildman–Crippen MR) is 84.2 cm³/mol. The van der Waals surface area contributed by atoms with Crippen molar-refractivity contribution in [2.75, 3.05) is 14.1 Å². The van der Waals surface area contributed by atoms with E-state index >= 15 is 0 Å². The topological polar surface area (TPSA) is 6.25 Å². The van der Waals surface area contributed by atoms with Crippen LogP contribution in [-0.2, 0) is 0 Å². The minimum Gasteiger partial charge on any atom is -0.263 e. The Morgan fingerprint density at radius 1 is 0.810 bits per heavy atom. The van der Waals surface area contributed by atoms with Crippen molar-refractivity contribution >= 4 is 6.34 Å². The fourth-order valence-corrected chi connectivity index (χ4v) is 5.01. The van der Waals surface area contributed by atoms with Gasteiger partial charge in [-0.2, -0.15) is 0 Å². The summed E-state index contributed by atoms with van der Waals surface area (Å²) >= 11 is 0. The molecule has 4 aliphatic rings. The van der Waals surface area contributed by atoms with E-state index < -0.39 is 0 Å². The van der Waals surface area contributed by atoms with E-state index in [-0.39, 0.29) is 0 Å². The predicted octanol–water partition coefficient (Wildman–Crippen LogP) is 2.63. The van der Waals surface area contributed by atoms with Gasteiger partial charge in [0, 0.05) is 0 Å². The minimum absolute atomic E-state index is 0.499. The summed E-state index contributed by atoms with van der Waals surface area (Å²) in [6, 6.07) is 19.3. The number of rotatable bonds is 0. The zero-order valence-electron chi connectivity index (χ0n) is 12.4. The van der Waals surface area contributed by atoms with Gasteiger partial charge in [0.15, 0.2) is 0 Å². The van der Waals surface area contributed by atoms with Crippen LogP contribution in [-0.4, -0.2) is 42.0 Å². The highest BCUT2D eigenvalue weighted by Gasteiger charge is 2.58. The van der Waals surface area contributed by atoms with E-state index in [1.54, 1.807) is 0 Å². The molecular weight excluding hydrogens is 256 g/mol. The minimum atomic E-state index is 0.499. The van der Waals surface area contributed by atoms with Crippen LogP contribution in [0.25, 0.3) is 0 Å². The van der Waals surface area contributed by atoms with Crippen molar-refractivity contribution in [1.29, 1.82) is 0 Å². The summed E-state index contributed by atoms with van der Waals surface area (Å²) in [4.78, 5) is 2.42. The number of benzene rings is 2. The van der Waals surface area contributed by atoms with Crippen LogP contribution in [0.5, 0.6) is 0 Å². The quantitative estimate of drug-likeness (QED) is 0.670. The summed E-state index contributed by atoms with van der Waals surface area (Å²) in [7, 11) is 4.46. The largest absolute Gasteiger partial charge is 0.263 e. The van der Waals surface area contributed by atoms with Crippen molar-refractivity contribution in [2.45, 2.75) is 23.9 Å². The zero-order chi connectivity index (χ0) is 14.1. The third-order valence-corrected chi connectivity index (χ3v) is 5.67. The van der Waals surface area contributed by atoms with Gasteiger partial charge in [0.2, 0.25) is 6.34 Å². The van der Waals surface area contributed by atoms with Crippen LogP contribution in [0.15, 0.2) is 48.5 Å². The molecule has 2 atom stereocenters. The number of likely N-dealkylation sites (N-methyl/N-ethyl adjacent to an activating group) is 2. The smallest absolute Gasteiger partial charge is 0.234 e. The molecule has 0 fully saturated rings. The molecule has 1 heterocycles. The third kappa shape index (κ3) is 1.26. The Bertz CT molecular complexity index is 729. The van der Waals surface area contributed by atoms with Crippen molar-refractivity contribution < 1.29 is 4.58 Å². The van der Waals surface area contributed by atoms with Gasteiger partial charge in [0.05, 0.1) is 25.9 Å². The second-order valence-corrected chi connectivity index (χ2v) is 6.64. The Morgan fingerprint density at radius 2 is 1.29 bits per heavy atom. The maximum absolute atomic E-state index is 2.42. The zero-order valence-corrected chi connectivity index (χ0v) is 12.4. The Labute approximate surface area is 125 Å². The van der Waals surface area contributed by atoms with Crippen LogP contribution in [0, 0.1) is 0 Å². The highest BCUT2D eigenvalue weighted by molar-refractivity contribution is 5.62. The average Bonchev–Trinajstić information content (AvgIpc) is 2.83. The summed E-state index contributed by atoms with van der Waals surface area (Å²) in [5.41, 5.74) is 6.16. The van der Waals surface area contributed by atoms with Gasteiger partial charge in [-0.1, -0.05) is 48.5 Å². The van der Waals surface area contributed by atoms with Crippen LogP contribution < -0.4 is 0 Å². The van der Waals surface area contributed by atoms with Gasteiger partial charge in [0.25, 0.3) is 0 Å². The van der Waals surface area contributed by atoms with Crippen LogP contribution in [0.1, 0.15) is 34.1 Å². The third-order valence-electron chi connectivity index (χ3n) is 5.67. The lowest BCUT2D eigenvalue weighted by atomic mass is 9.59. The molecule has 1 aliphatic heterocycles. The van der Waals surface area contributed by atoms with Gasteiger partial charge in [0.1, 0.15) is 12.1 Å². The second-order valence-electron chi connectivity index (χ2n) is 6.64. The Morgan fingerprint density at radius 3 is 1.81 bits per heavy atom. The standard InChI is InChI=1S/C19H19N2/c1-20-11-21(2)19-17-14-9-5-3-7-12(14)16(18(19)20)13-8-4-6-10-15(13)17/h3-11,16-19H,1-2H3/q+1/t16?,17?,18-,19+. The molecule has 2 nitrogen and oxygen atoms in total. The highest BCUT2D eigenvalue weighted by atomic mass is 15.3. The molecule has 2 aromatic rings. The fourth-order valence-electron chi connectivity index (χ4n) is 5.01. The molecule has 0 spiro atoms. The van der Waals surface area contributed by atoms with E-state index in [1.807, 2.05) is 0 Å². The summed E-state index contributed by atoms with van der Waals surface area (Å²) in [6.07, 6.45) is 2.28. The number of hydrogen-bond donors (Lipinski definition) is 0. The van der Waals surface area contributed by atoms with E-state index in [0.717, 1.165) is 0 Å². The summed E-state index contributed by atoms with van der Waals surface area (Å²) in [6.45, 7) is 0. The van der Waals surface area contributed by atoms with Crippen molar-refractivity contribution in [2.24, 2.45) is 0 Å². The van der Waals surface area contributed by atoms with Crippen molar-refractivity contribution in [3.05, 3.63) is 70.8 Å². The van der Waals surface area contributed by atoms with Crippen molar-refractivity contribution in [1.82, 2.24) is 4.90 Å². The van der Waals surface area contributed by atoms with Gasteiger partial charge in [-0.3, -0.25) is 9.48 Å². The van der Waals surface area contributed by atoms with E-state index in [1.165, 1.54) is 22.3 Å². The van der Waals surface area contributed by atoms with Gasteiger partial charge < -0.3 is 0 Å². The first kappa shape index (κ1) is 11.6.